The number of carbonyl (C=O) groups is 2. The predicted molar refractivity (Wildman–Crippen MR) is 113 cm³/mol. The molecule has 2 N–H and O–H groups in total. The van der Waals surface area contributed by atoms with Crippen molar-refractivity contribution in [2.75, 3.05) is 25.5 Å². The van der Waals surface area contributed by atoms with Crippen molar-refractivity contribution >= 4 is 27.5 Å². The highest BCUT2D eigenvalue weighted by atomic mass is 32.2. The molecule has 8 nitrogen and oxygen atoms in total. The lowest BCUT2D eigenvalue weighted by molar-refractivity contribution is -0.136. The predicted octanol–water partition coefficient (Wildman–Crippen LogP) is 1.91. The van der Waals surface area contributed by atoms with Gasteiger partial charge in [-0.25, -0.2) is 8.42 Å². The number of amides is 2. The zero-order valence-electron chi connectivity index (χ0n) is 16.9. The molecule has 0 aliphatic carbocycles. The lowest BCUT2D eigenvalue weighted by atomic mass is 10.2. The molecule has 0 aromatic heterocycles. The summed E-state index contributed by atoms with van der Waals surface area (Å²) in [5, 5.41) is 5.08. The third kappa shape index (κ3) is 4.98. The molecule has 1 aliphatic rings. The number of sulfonamides is 1. The van der Waals surface area contributed by atoms with E-state index in [2.05, 4.69) is 10.6 Å². The van der Waals surface area contributed by atoms with E-state index in [0.717, 1.165) is 5.56 Å². The van der Waals surface area contributed by atoms with E-state index in [0.29, 0.717) is 30.8 Å². The average Bonchev–Trinajstić information content (AvgIpc) is 3.23. The van der Waals surface area contributed by atoms with E-state index < -0.39 is 27.9 Å². The van der Waals surface area contributed by atoms with Crippen LogP contribution in [0.15, 0.2) is 53.4 Å². The Hall–Kier alpha value is -2.91. The smallest absolute Gasteiger partial charge is 0.313 e. The summed E-state index contributed by atoms with van der Waals surface area (Å²) >= 11 is 0. The number of anilines is 1. The first kappa shape index (κ1) is 21.8. The molecule has 9 heteroatoms. The van der Waals surface area contributed by atoms with Gasteiger partial charge in [0.1, 0.15) is 5.75 Å². The van der Waals surface area contributed by atoms with Gasteiger partial charge in [-0.15, -0.1) is 0 Å². The molecule has 0 saturated carbocycles. The summed E-state index contributed by atoms with van der Waals surface area (Å²) in [7, 11) is -2.20. The van der Waals surface area contributed by atoms with Crippen molar-refractivity contribution in [3.8, 4) is 5.75 Å². The van der Waals surface area contributed by atoms with Gasteiger partial charge in [0.15, 0.2) is 0 Å². The van der Waals surface area contributed by atoms with E-state index in [1.54, 1.807) is 24.3 Å². The van der Waals surface area contributed by atoms with E-state index in [1.165, 1.54) is 23.5 Å². The van der Waals surface area contributed by atoms with Gasteiger partial charge in [-0.3, -0.25) is 9.59 Å². The van der Waals surface area contributed by atoms with Gasteiger partial charge < -0.3 is 15.4 Å². The van der Waals surface area contributed by atoms with E-state index in [9.17, 15) is 18.0 Å². The summed E-state index contributed by atoms with van der Waals surface area (Å²) in [5.41, 5.74) is 1.56. The molecule has 0 bridgehead atoms. The van der Waals surface area contributed by atoms with Crippen LogP contribution in [0, 0.1) is 6.92 Å². The van der Waals surface area contributed by atoms with Gasteiger partial charge in [-0.2, -0.15) is 4.31 Å². The van der Waals surface area contributed by atoms with E-state index in [4.69, 9.17) is 4.74 Å². The summed E-state index contributed by atoms with van der Waals surface area (Å²) in [6.07, 6.45) is 1.29. The van der Waals surface area contributed by atoms with Crippen LogP contribution in [0.5, 0.6) is 5.75 Å². The number of hydrogen-bond acceptors (Lipinski definition) is 5. The number of rotatable bonds is 6. The summed E-state index contributed by atoms with van der Waals surface area (Å²) in [6.45, 7) is 2.35. The fraction of sp³-hybridized carbons (Fsp3) is 0.333. The van der Waals surface area contributed by atoms with Crippen molar-refractivity contribution in [3.63, 3.8) is 0 Å². The molecule has 1 heterocycles. The average molecular weight is 432 g/mol. The maximum absolute atomic E-state index is 13.0. The maximum atomic E-state index is 13.0. The van der Waals surface area contributed by atoms with Crippen LogP contribution in [-0.2, 0) is 19.6 Å². The van der Waals surface area contributed by atoms with Gasteiger partial charge in [-0.1, -0.05) is 17.7 Å². The zero-order valence-corrected chi connectivity index (χ0v) is 17.7. The fourth-order valence-electron chi connectivity index (χ4n) is 3.33. The highest BCUT2D eigenvalue weighted by molar-refractivity contribution is 7.89. The third-order valence-electron chi connectivity index (χ3n) is 5.00. The molecule has 30 heavy (non-hydrogen) atoms. The quantitative estimate of drug-likeness (QED) is 0.680. The van der Waals surface area contributed by atoms with Gasteiger partial charge in [0.05, 0.1) is 12.0 Å². The number of hydrogen-bond donors (Lipinski definition) is 2. The molecule has 2 amide bonds. The number of benzene rings is 2. The van der Waals surface area contributed by atoms with E-state index >= 15 is 0 Å². The van der Waals surface area contributed by atoms with Crippen LogP contribution in [0.3, 0.4) is 0 Å². The first-order valence-corrected chi connectivity index (χ1v) is 11.1. The molecule has 1 aliphatic heterocycles. The topological polar surface area (TPSA) is 105 Å². The molecule has 160 valence electrons. The first-order valence-electron chi connectivity index (χ1n) is 9.63. The molecule has 2 aromatic rings. The van der Waals surface area contributed by atoms with Gasteiger partial charge >= 0.3 is 11.8 Å². The second-order valence-electron chi connectivity index (χ2n) is 7.12. The van der Waals surface area contributed by atoms with Crippen LogP contribution in [0.2, 0.25) is 0 Å². The highest BCUT2D eigenvalue weighted by Crippen LogP contribution is 2.26. The lowest BCUT2D eigenvalue weighted by Gasteiger charge is -2.24. The van der Waals surface area contributed by atoms with Crippen LogP contribution in [0.4, 0.5) is 5.69 Å². The SMILES string of the molecule is COc1ccc(S(=O)(=O)N2CCC[C@H]2CNC(=O)C(=O)Nc2ccc(C)cc2)cc1. The Balaban J connectivity index is 1.60. The molecule has 0 radical (unpaired) electrons. The third-order valence-corrected chi connectivity index (χ3v) is 6.97. The van der Waals surface area contributed by atoms with Gasteiger partial charge in [0.2, 0.25) is 10.0 Å². The van der Waals surface area contributed by atoms with Crippen LogP contribution in [0.1, 0.15) is 18.4 Å². The lowest BCUT2D eigenvalue weighted by Crippen LogP contribution is -2.45. The Kier molecular flexibility index (Phi) is 6.73. The zero-order chi connectivity index (χ0) is 21.7. The Bertz CT molecular complexity index is 1000. The monoisotopic (exact) mass is 431 g/mol. The minimum atomic E-state index is -3.71. The second kappa shape index (κ2) is 9.27. The van der Waals surface area contributed by atoms with Crippen molar-refractivity contribution in [2.24, 2.45) is 0 Å². The molecule has 2 aromatic carbocycles. The van der Waals surface area contributed by atoms with Gasteiger partial charge in [0, 0.05) is 24.8 Å². The van der Waals surface area contributed by atoms with Gasteiger partial charge in [-0.05, 0) is 56.2 Å². The number of aryl methyl sites for hydroxylation is 1. The number of methoxy groups -OCH3 is 1. The van der Waals surface area contributed by atoms with Gasteiger partial charge in [0.25, 0.3) is 0 Å². The Morgan fingerprint density at radius 3 is 2.37 bits per heavy atom. The van der Waals surface area contributed by atoms with Crippen molar-refractivity contribution < 1.29 is 22.7 Å². The summed E-state index contributed by atoms with van der Waals surface area (Å²) in [5.74, 6) is -1.02. The number of nitrogens with one attached hydrogen (secondary N) is 2. The molecule has 0 spiro atoms. The fourth-order valence-corrected chi connectivity index (χ4v) is 5.02. The largest absolute Gasteiger partial charge is 0.497 e. The van der Waals surface area contributed by atoms with Crippen molar-refractivity contribution in [1.29, 1.82) is 0 Å². The van der Waals surface area contributed by atoms with Crippen molar-refractivity contribution in [3.05, 3.63) is 54.1 Å². The van der Waals surface area contributed by atoms with Crippen molar-refractivity contribution in [2.45, 2.75) is 30.7 Å². The van der Waals surface area contributed by atoms with Crippen LogP contribution < -0.4 is 15.4 Å². The normalized spacial score (nSPS) is 16.8. The van der Waals surface area contributed by atoms with E-state index in [1.807, 2.05) is 19.1 Å². The molecule has 1 saturated heterocycles. The van der Waals surface area contributed by atoms with Crippen LogP contribution >= 0.6 is 0 Å². The van der Waals surface area contributed by atoms with Crippen LogP contribution in [0.25, 0.3) is 0 Å². The molecular formula is C21H25N3O5S. The Morgan fingerprint density at radius 1 is 1.07 bits per heavy atom. The first-order chi connectivity index (χ1) is 14.3. The maximum Gasteiger partial charge on any atom is 0.313 e. The standard InChI is InChI=1S/C21H25N3O5S/c1-15-5-7-16(8-6-15)23-21(26)20(25)22-14-17-4-3-13-24(17)30(27,28)19-11-9-18(29-2)10-12-19/h5-12,17H,3-4,13-14H2,1-2H3,(H,22,25)(H,23,26)/t17-/m0/s1. The summed E-state index contributed by atoms with van der Waals surface area (Å²) in [4.78, 5) is 24.4. The summed E-state index contributed by atoms with van der Waals surface area (Å²) in [6, 6.07) is 12.8. The highest BCUT2D eigenvalue weighted by Gasteiger charge is 2.35. The molecule has 1 fully saturated rings. The van der Waals surface area contributed by atoms with E-state index in [-0.39, 0.29) is 11.4 Å². The number of carbonyl (C=O) groups excluding carboxylic acids is 2. The Morgan fingerprint density at radius 2 is 1.73 bits per heavy atom. The second-order valence-corrected chi connectivity index (χ2v) is 9.01. The molecule has 0 unspecified atom stereocenters. The number of ether oxygens (including phenoxy) is 1. The number of nitrogens with zero attached hydrogens (tertiary/aromatic N) is 1. The summed E-state index contributed by atoms with van der Waals surface area (Å²) < 4.78 is 32.4. The Labute approximate surface area is 176 Å². The van der Waals surface area contributed by atoms with Crippen LogP contribution in [-0.4, -0.2) is 50.8 Å². The molecule has 3 rings (SSSR count). The van der Waals surface area contributed by atoms with Crippen molar-refractivity contribution in [1.82, 2.24) is 9.62 Å². The minimum absolute atomic E-state index is 0.0650. The molecular weight excluding hydrogens is 406 g/mol. The minimum Gasteiger partial charge on any atom is -0.497 e. The molecule has 1 atom stereocenters.